The third-order valence-corrected chi connectivity index (χ3v) is 3.10. The van der Waals surface area contributed by atoms with Crippen molar-refractivity contribution >= 4 is 29.2 Å². The Hall–Kier alpha value is -2.01. The Morgan fingerprint density at radius 1 is 1.43 bits per heavy atom. The van der Waals surface area contributed by atoms with E-state index in [0.717, 1.165) is 5.57 Å². The van der Waals surface area contributed by atoms with Crippen LogP contribution in [0.15, 0.2) is 30.4 Å². The molecule has 5 nitrogen and oxygen atoms in total. The summed E-state index contributed by atoms with van der Waals surface area (Å²) < 4.78 is 4.99. The molecule has 1 aromatic carbocycles. The summed E-state index contributed by atoms with van der Waals surface area (Å²) in [6.07, 6.45) is 0. The minimum absolute atomic E-state index is 0.257. The van der Waals surface area contributed by atoms with Crippen molar-refractivity contribution in [3.05, 3.63) is 40.9 Å². The van der Waals surface area contributed by atoms with Crippen molar-refractivity contribution in [3.8, 4) is 0 Å². The second-order valence-electron chi connectivity index (χ2n) is 4.68. The maximum atomic E-state index is 11.9. The van der Waals surface area contributed by atoms with E-state index in [1.165, 1.54) is 18.2 Å². The Labute approximate surface area is 129 Å². The molecule has 0 saturated heterocycles. The van der Waals surface area contributed by atoms with E-state index in [2.05, 4.69) is 6.58 Å². The summed E-state index contributed by atoms with van der Waals surface area (Å²) in [5.41, 5.74) is 7.02. The second-order valence-corrected chi connectivity index (χ2v) is 5.08. The van der Waals surface area contributed by atoms with E-state index in [0.29, 0.717) is 18.1 Å². The number of anilines is 1. The van der Waals surface area contributed by atoms with E-state index in [-0.39, 0.29) is 23.8 Å². The average molecular weight is 311 g/mol. The molecule has 2 N–H and O–H groups in total. The Morgan fingerprint density at radius 3 is 2.62 bits per heavy atom. The van der Waals surface area contributed by atoms with Crippen LogP contribution in [0, 0.1) is 0 Å². The zero-order valence-electron chi connectivity index (χ0n) is 12.2. The van der Waals surface area contributed by atoms with Crippen LogP contribution in [0.1, 0.15) is 24.2 Å². The summed E-state index contributed by atoms with van der Waals surface area (Å²) in [6, 6.07) is 4.42. The van der Waals surface area contributed by atoms with Gasteiger partial charge in [-0.15, -0.1) is 0 Å². The molecule has 0 bridgehead atoms. The normalized spacial score (nSPS) is 10.0. The lowest BCUT2D eigenvalue weighted by molar-refractivity contribution is -0.133. The van der Waals surface area contributed by atoms with Crippen molar-refractivity contribution in [2.75, 3.05) is 25.4 Å². The van der Waals surface area contributed by atoms with Gasteiger partial charge in [-0.3, -0.25) is 4.79 Å². The number of benzene rings is 1. The van der Waals surface area contributed by atoms with Gasteiger partial charge in [0.2, 0.25) is 0 Å². The molecule has 0 aliphatic carbocycles. The van der Waals surface area contributed by atoms with E-state index in [1.54, 1.807) is 4.90 Å². The Bertz CT molecular complexity index is 558. The van der Waals surface area contributed by atoms with Gasteiger partial charge in [0.05, 0.1) is 16.3 Å². The molecule has 0 aliphatic heterocycles. The Morgan fingerprint density at radius 2 is 2.10 bits per heavy atom. The zero-order valence-corrected chi connectivity index (χ0v) is 12.9. The number of hydrogen-bond acceptors (Lipinski definition) is 4. The fourth-order valence-electron chi connectivity index (χ4n) is 1.67. The third-order valence-electron chi connectivity index (χ3n) is 2.75. The first-order chi connectivity index (χ1) is 9.85. The lowest BCUT2D eigenvalue weighted by atomic mass is 10.2. The van der Waals surface area contributed by atoms with Gasteiger partial charge in [0.25, 0.3) is 5.91 Å². The molecule has 114 valence electrons. The molecule has 21 heavy (non-hydrogen) atoms. The molecular weight excluding hydrogens is 292 g/mol. The van der Waals surface area contributed by atoms with Crippen LogP contribution in [0.25, 0.3) is 0 Å². The number of carbonyl (C=O) groups is 2. The first-order valence-corrected chi connectivity index (χ1v) is 6.87. The van der Waals surface area contributed by atoms with Crippen molar-refractivity contribution in [3.63, 3.8) is 0 Å². The number of halogens is 1. The molecule has 1 aromatic rings. The van der Waals surface area contributed by atoms with Crippen molar-refractivity contribution in [2.45, 2.75) is 13.8 Å². The molecule has 0 radical (unpaired) electrons. The molecule has 1 rings (SSSR count). The molecule has 0 aromatic heterocycles. The number of likely N-dealkylation sites (N-methyl/N-ethyl adjacent to an activating group) is 1. The second kappa shape index (κ2) is 7.69. The smallest absolute Gasteiger partial charge is 0.338 e. The van der Waals surface area contributed by atoms with Crippen molar-refractivity contribution in [1.82, 2.24) is 4.90 Å². The number of ether oxygens (including phenoxy) is 1. The number of amides is 1. The maximum absolute atomic E-state index is 11.9. The minimum Gasteiger partial charge on any atom is -0.452 e. The molecule has 0 unspecified atom stereocenters. The van der Waals surface area contributed by atoms with Gasteiger partial charge in [0.15, 0.2) is 6.61 Å². The number of carbonyl (C=O) groups excluding carboxylic acids is 2. The van der Waals surface area contributed by atoms with Crippen LogP contribution in [0.3, 0.4) is 0 Å². The lowest BCUT2D eigenvalue weighted by Crippen LogP contribution is -2.35. The van der Waals surface area contributed by atoms with Gasteiger partial charge in [-0.05, 0) is 32.0 Å². The molecular formula is C15H19ClN2O3. The van der Waals surface area contributed by atoms with Crippen LogP contribution >= 0.6 is 11.6 Å². The highest BCUT2D eigenvalue weighted by atomic mass is 35.5. The largest absolute Gasteiger partial charge is 0.452 e. The molecule has 0 fully saturated rings. The van der Waals surface area contributed by atoms with Gasteiger partial charge >= 0.3 is 5.97 Å². The van der Waals surface area contributed by atoms with Crippen molar-refractivity contribution in [1.29, 1.82) is 0 Å². The number of nitrogens with two attached hydrogens (primary N) is 1. The van der Waals surface area contributed by atoms with Crippen molar-refractivity contribution in [2.24, 2.45) is 0 Å². The highest BCUT2D eigenvalue weighted by molar-refractivity contribution is 6.33. The van der Waals surface area contributed by atoms with Crippen LogP contribution in [0.4, 0.5) is 5.69 Å². The summed E-state index contributed by atoms with van der Waals surface area (Å²) in [4.78, 5) is 25.3. The number of nitrogens with zero attached hydrogens (tertiary/aromatic N) is 1. The number of nitrogen functional groups attached to an aromatic ring is 1. The molecule has 0 saturated carbocycles. The highest BCUT2D eigenvalue weighted by Crippen LogP contribution is 2.19. The van der Waals surface area contributed by atoms with Gasteiger partial charge < -0.3 is 15.4 Å². The number of esters is 1. The van der Waals surface area contributed by atoms with Crippen LogP contribution in [-0.2, 0) is 9.53 Å². The zero-order chi connectivity index (χ0) is 16.0. The van der Waals surface area contributed by atoms with Gasteiger partial charge in [0, 0.05) is 13.1 Å². The standard InChI is InChI=1S/C15H19ClN2O3/c1-4-18(8-10(2)3)14(19)9-21-15(20)11-5-6-12(16)13(17)7-11/h5-7H,2,4,8-9,17H2,1,3H3. The highest BCUT2D eigenvalue weighted by Gasteiger charge is 2.15. The Balaban J connectivity index is 2.61. The fourth-order valence-corrected chi connectivity index (χ4v) is 1.79. The number of hydrogen-bond donors (Lipinski definition) is 1. The predicted molar refractivity (Wildman–Crippen MR) is 83.2 cm³/mol. The number of rotatable bonds is 6. The Kier molecular flexibility index (Phi) is 6.24. The van der Waals surface area contributed by atoms with Crippen LogP contribution < -0.4 is 5.73 Å². The first-order valence-electron chi connectivity index (χ1n) is 6.49. The fraction of sp³-hybridized carbons (Fsp3) is 0.333. The molecule has 0 heterocycles. The molecule has 0 spiro atoms. The van der Waals surface area contributed by atoms with Gasteiger partial charge in [0.1, 0.15) is 0 Å². The van der Waals surface area contributed by atoms with Gasteiger partial charge in [-0.1, -0.05) is 23.8 Å². The van der Waals surface area contributed by atoms with Crippen LogP contribution in [-0.4, -0.2) is 36.5 Å². The summed E-state index contributed by atoms with van der Waals surface area (Å²) in [5.74, 6) is -0.881. The summed E-state index contributed by atoms with van der Waals surface area (Å²) in [7, 11) is 0. The third kappa shape index (κ3) is 5.11. The van der Waals surface area contributed by atoms with E-state index in [9.17, 15) is 9.59 Å². The topological polar surface area (TPSA) is 72.6 Å². The van der Waals surface area contributed by atoms with E-state index in [1.807, 2.05) is 13.8 Å². The minimum atomic E-state index is -0.613. The quantitative estimate of drug-likeness (QED) is 0.498. The van der Waals surface area contributed by atoms with Crippen LogP contribution in [0.2, 0.25) is 5.02 Å². The summed E-state index contributed by atoms with van der Waals surface area (Å²) in [5, 5.41) is 0.362. The van der Waals surface area contributed by atoms with Gasteiger partial charge in [-0.2, -0.15) is 0 Å². The van der Waals surface area contributed by atoms with E-state index < -0.39 is 5.97 Å². The first kappa shape index (κ1) is 17.0. The van der Waals surface area contributed by atoms with E-state index >= 15 is 0 Å². The van der Waals surface area contributed by atoms with Crippen LogP contribution in [0.5, 0.6) is 0 Å². The lowest BCUT2D eigenvalue weighted by Gasteiger charge is -2.20. The average Bonchev–Trinajstić information content (AvgIpc) is 2.44. The predicted octanol–water partition coefficient (Wildman–Crippen LogP) is 2.50. The van der Waals surface area contributed by atoms with Crippen molar-refractivity contribution < 1.29 is 14.3 Å². The maximum Gasteiger partial charge on any atom is 0.338 e. The SMILES string of the molecule is C=C(C)CN(CC)C(=O)COC(=O)c1ccc(Cl)c(N)c1. The van der Waals surface area contributed by atoms with Gasteiger partial charge in [-0.25, -0.2) is 4.79 Å². The summed E-state index contributed by atoms with van der Waals surface area (Å²) >= 11 is 5.78. The monoisotopic (exact) mass is 310 g/mol. The molecule has 0 aliphatic rings. The molecule has 6 heteroatoms. The van der Waals surface area contributed by atoms with E-state index in [4.69, 9.17) is 22.1 Å². The molecule has 1 amide bonds. The molecule has 0 atom stereocenters. The summed E-state index contributed by atoms with van der Waals surface area (Å²) in [6.45, 7) is 8.09.